The van der Waals surface area contributed by atoms with Crippen molar-refractivity contribution in [3.8, 4) is 0 Å². The zero-order chi connectivity index (χ0) is 24.6. The fourth-order valence-electron chi connectivity index (χ4n) is 5.16. The molecule has 190 valence electrons. The molecule has 0 atom stereocenters. The van der Waals surface area contributed by atoms with Gasteiger partial charge in [-0.15, -0.1) is 0 Å². The number of rotatable bonds is 11. The van der Waals surface area contributed by atoms with Crippen LogP contribution in [0.3, 0.4) is 0 Å². The lowest BCUT2D eigenvalue weighted by Gasteiger charge is -2.37. The Balaban J connectivity index is 1.50. The molecule has 0 unspecified atom stereocenters. The van der Waals surface area contributed by atoms with E-state index in [0.717, 1.165) is 61.7 Å². The van der Waals surface area contributed by atoms with Crippen molar-refractivity contribution in [3.63, 3.8) is 0 Å². The van der Waals surface area contributed by atoms with Gasteiger partial charge in [0.05, 0.1) is 19.7 Å². The van der Waals surface area contributed by atoms with Crippen LogP contribution in [0.5, 0.6) is 0 Å². The minimum atomic E-state index is 0.0528. The van der Waals surface area contributed by atoms with E-state index in [2.05, 4.69) is 68.0 Å². The number of carbonyl (C=O) groups excluding carboxylic acids is 2. The van der Waals surface area contributed by atoms with E-state index in [1.54, 1.807) is 12.0 Å². The standard InChI is InChI=1S/C28H38BrN3O3/c1-35-18-17-31(28(34)23-7-5-8-23)21-27(33)32(25-9-3-2-4-10-25)20-26-11-6-16-30(26)19-22-12-14-24(29)15-13-22/h6,11-16,23,25H,2-5,7-10,17-21H2,1H3. The molecule has 0 bridgehead atoms. The molecule has 0 aliphatic heterocycles. The third kappa shape index (κ3) is 6.98. The summed E-state index contributed by atoms with van der Waals surface area (Å²) in [6, 6.07) is 12.8. The molecule has 0 N–H and O–H groups in total. The van der Waals surface area contributed by atoms with Crippen LogP contribution in [-0.4, -0.2) is 59.0 Å². The smallest absolute Gasteiger partial charge is 0.242 e. The molecule has 4 rings (SSSR count). The number of hydrogen-bond acceptors (Lipinski definition) is 3. The van der Waals surface area contributed by atoms with E-state index in [-0.39, 0.29) is 30.3 Å². The quantitative estimate of drug-likeness (QED) is 0.389. The first-order chi connectivity index (χ1) is 17.0. The molecule has 7 heteroatoms. The molecular formula is C28H38BrN3O3. The number of carbonyl (C=O) groups is 2. The number of ether oxygens (including phenoxy) is 1. The molecule has 0 spiro atoms. The average molecular weight is 545 g/mol. The molecule has 1 aromatic heterocycles. The Kier molecular flexibility index (Phi) is 9.44. The molecule has 35 heavy (non-hydrogen) atoms. The third-order valence-electron chi connectivity index (χ3n) is 7.52. The van der Waals surface area contributed by atoms with Gasteiger partial charge >= 0.3 is 0 Å². The first-order valence-electron chi connectivity index (χ1n) is 13.0. The van der Waals surface area contributed by atoms with Gasteiger partial charge < -0.3 is 19.1 Å². The zero-order valence-electron chi connectivity index (χ0n) is 20.8. The predicted octanol–water partition coefficient (Wildman–Crippen LogP) is 5.24. The van der Waals surface area contributed by atoms with E-state index in [0.29, 0.717) is 19.7 Å². The normalized spacial score (nSPS) is 16.6. The van der Waals surface area contributed by atoms with Gasteiger partial charge in [-0.1, -0.05) is 53.7 Å². The van der Waals surface area contributed by atoms with Crippen molar-refractivity contribution in [1.29, 1.82) is 0 Å². The summed E-state index contributed by atoms with van der Waals surface area (Å²) in [6.45, 7) is 2.40. The van der Waals surface area contributed by atoms with Gasteiger partial charge in [-0.2, -0.15) is 0 Å². The monoisotopic (exact) mass is 543 g/mol. The van der Waals surface area contributed by atoms with Gasteiger partial charge in [0.1, 0.15) is 0 Å². The first kappa shape index (κ1) is 26.0. The molecule has 1 aromatic carbocycles. The highest BCUT2D eigenvalue weighted by Crippen LogP contribution is 2.29. The molecule has 2 aromatic rings. The highest BCUT2D eigenvalue weighted by molar-refractivity contribution is 9.10. The minimum absolute atomic E-state index is 0.0528. The summed E-state index contributed by atoms with van der Waals surface area (Å²) in [5.74, 6) is 0.242. The SMILES string of the molecule is COCCN(CC(=O)N(Cc1cccn1Cc1ccc(Br)cc1)C1CCCCC1)C(=O)C1CCC1. The van der Waals surface area contributed by atoms with E-state index in [9.17, 15) is 9.59 Å². The van der Waals surface area contributed by atoms with Crippen LogP contribution < -0.4 is 0 Å². The zero-order valence-corrected chi connectivity index (χ0v) is 22.4. The maximum absolute atomic E-state index is 13.8. The molecule has 6 nitrogen and oxygen atoms in total. The molecule has 2 saturated carbocycles. The largest absolute Gasteiger partial charge is 0.383 e. The predicted molar refractivity (Wildman–Crippen MR) is 141 cm³/mol. The van der Waals surface area contributed by atoms with Crippen LogP contribution in [0, 0.1) is 5.92 Å². The maximum Gasteiger partial charge on any atom is 0.242 e. The number of halogens is 1. The van der Waals surface area contributed by atoms with Crippen molar-refractivity contribution < 1.29 is 14.3 Å². The molecule has 2 fully saturated rings. The van der Waals surface area contributed by atoms with Crippen LogP contribution >= 0.6 is 15.9 Å². The maximum atomic E-state index is 13.8. The number of methoxy groups -OCH3 is 1. The van der Waals surface area contributed by atoms with E-state index in [4.69, 9.17) is 4.74 Å². The summed E-state index contributed by atoms with van der Waals surface area (Å²) in [4.78, 5) is 30.6. The fourth-order valence-corrected chi connectivity index (χ4v) is 5.42. The van der Waals surface area contributed by atoms with Crippen molar-refractivity contribution in [2.45, 2.75) is 70.5 Å². The summed E-state index contributed by atoms with van der Waals surface area (Å²) >= 11 is 3.51. The third-order valence-corrected chi connectivity index (χ3v) is 8.04. The van der Waals surface area contributed by atoms with Crippen molar-refractivity contribution in [3.05, 3.63) is 58.3 Å². The van der Waals surface area contributed by atoms with E-state index >= 15 is 0 Å². The number of hydrogen-bond donors (Lipinski definition) is 0. The van der Waals surface area contributed by atoms with Gasteiger partial charge in [0.2, 0.25) is 11.8 Å². The second-order valence-corrected chi connectivity index (χ2v) is 10.9. The van der Waals surface area contributed by atoms with Crippen molar-refractivity contribution in [2.24, 2.45) is 5.92 Å². The Labute approximate surface area is 217 Å². The highest BCUT2D eigenvalue weighted by atomic mass is 79.9. The van der Waals surface area contributed by atoms with Crippen molar-refractivity contribution in [2.75, 3.05) is 26.8 Å². The molecule has 2 aliphatic rings. The van der Waals surface area contributed by atoms with Gasteiger partial charge in [-0.05, 0) is 55.5 Å². The molecule has 0 radical (unpaired) electrons. The fraction of sp³-hybridized carbons (Fsp3) is 0.571. The van der Waals surface area contributed by atoms with E-state index < -0.39 is 0 Å². The lowest BCUT2D eigenvalue weighted by atomic mass is 9.84. The summed E-state index contributed by atoms with van der Waals surface area (Å²) < 4.78 is 8.55. The second kappa shape index (κ2) is 12.7. The lowest BCUT2D eigenvalue weighted by molar-refractivity contribution is -0.147. The average Bonchev–Trinajstić information content (AvgIpc) is 3.27. The van der Waals surface area contributed by atoms with Crippen LogP contribution in [0.25, 0.3) is 0 Å². The molecule has 0 saturated heterocycles. The summed E-state index contributed by atoms with van der Waals surface area (Å²) in [5.41, 5.74) is 2.35. The number of amides is 2. The Morgan fingerprint density at radius 2 is 1.77 bits per heavy atom. The first-order valence-corrected chi connectivity index (χ1v) is 13.8. The van der Waals surface area contributed by atoms with Gasteiger partial charge in [0, 0.05) is 48.5 Å². The molecule has 2 amide bonds. The molecular weight excluding hydrogens is 506 g/mol. The lowest BCUT2D eigenvalue weighted by Crippen LogP contribution is -2.50. The van der Waals surface area contributed by atoms with Crippen LogP contribution in [-0.2, 0) is 27.4 Å². The highest BCUT2D eigenvalue weighted by Gasteiger charge is 2.33. The van der Waals surface area contributed by atoms with Crippen molar-refractivity contribution in [1.82, 2.24) is 14.4 Å². The van der Waals surface area contributed by atoms with Crippen molar-refractivity contribution >= 4 is 27.7 Å². The topological polar surface area (TPSA) is 54.8 Å². The van der Waals surface area contributed by atoms with Crippen LogP contribution in [0.2, 0.25) is 0 Å². The Bertz CT molecular complexity index is 964. The van der Waals surface area contributed by atoms with Gasteiger partial charge in [0.25, 0.3) is 0 Å². The van der Waals surface area contributed by atoms with Crippen LogP contribution in [0.4, 0.5) is 0 Å². The summed E-state index contributed by atoms with van der Waals surface area (Å²) in [6.07, 6.45) is 10.7. The second-order valence-electron chi connectivity index (χ2n) is 9.95. The number of aromatic nitrogens is 1. The Morgan fingerprint density at radius 1 is 1.03 bits per heavy atom. The van der Waals surface area contributed by atoms with Gasteiger partial charge in [-0.3, -0.25) is 9.59 Å². The number of benzene rings is 1. The van der Waals surface area contributed by atoms with E-state index in [1.807, 2.05) is 0 Å². The van der Waals surface area contributed by atoms with Gasteiger partial charge in [0.15, 0.2) is 0 Å². The van der Waals surface area contributed by atoms with E-state index in [1.165, 1.54) is 12.0 Å². The summed E-state index contributed by atoms with van der Waals surface area (Å²) in [5, 5.41) is 0. The molecule has 1 heterocycles. The Morgan fingerprint density at radius 3 is 2.43 bits per heavy atom. The van der Waals surface area contributed by atoms with Crippen LogP contribution in [0.15, 0.2) is 47.1 Å². The van der Waals surface area contributed by atoms with Crippen LogP contribution in [0.1, 0.15) is 62.6 Å². The Hall–Kier alpha value is -2.12. The number of nitrogens with zero attached hydrogens (tertiary/aromatic N) is 3. The van der Waals surface area contributed by atoms with Gasteiger partial charge in [-0.25, -0.2) is 0 Å². The molecule has 2 aliphatic carbocycles. The summed E-state index contributed by atoms with van der Waals surface area (Å²) in [7, 11) is 1.64. The minimum Gasteiger partial charge on any atom is -0.383 e.